The van der Waals surface area contributed by atoms with E-state index in [-0.39, 0.29) is 18.8 Å². The molecule has 0 bridgehead atoms. The molecule has 2 aromatic carbocycles. The summed E-state index contributed by atoms with van der Waals surface area (Å²) in [6.45, 7) is 0.932. The van der Waals surface area contributed by atoms with Crippen molar-refractivity contribution in [2.75, 3.05) is 20.3 Å². The van der Waals surface area contributed by atoms with Gasteiger partial charge < -0.3 is 24.4 Å². The van der Waals surface area contributed by atoms with Crippen molar-refractivity contribution >= 4 is 19.7 Å². The summed E-state index contributed by atoms with van der Waals surface area (Å²) in [5, 5.41) is 2.34. The van der Waals surface area contributed by atoms with Crippen LogP contribution < -0.4 is 10.1 Å². The highest BCUT2D eigenvalue weighted by molar-refractivity contribution is 7.53. The molecule has 10 heteroatoms. The molecule has 0 heterocycles. The molecular weight excluding hydrogens is 413 g/mol. The molecule has 0 aromatic heterocycles. The van der Waals surface area contributed by atoms with E-state index in [0.29, 0.717) is 5.75 Å². The third-order valence-corrected chi connectivity index (χ3v) is 5.48. The van der Waals surface area contributed by atoms with E-state index in [9.17, 15) is 19.0 Å². The fourth-order valence-electron chi connectivity index (χ4n) is 2.44. The molecule has 2 N–H and O–H groups in total. The first-order valence-electron chi connectivity index (χ1n) is 9.09. The molecule has 0 fully saturated rings. The number of carbonyl (C=O) groups excluding carboxylic acids is 2. The van der Waals surface area contributed by atoms with Crippen LogP contribution in [0.25, 0.3) is 0 Å². The van der Waals surface area contributed by atoms with Crippen LogP contribution in [0, 0.1) is 0 Å². The molecule has 2 rings (SSSR count). The Hall–Kier alpha value is -2.87. The number of benzene rings is 2. The molecular formula is C20H24NO8P. The molecule has 0 aliphatic carbocycles. The van der Waals surface area contributed by atoms with Crippen LogP contribution >= 0.6 is 7.60 Å². The molecule has 30 heavy (non-hydrogen) atoms. The summed E-state index contributed by atoms with van der Waals surface area (Å²) in [4.78, 5) is 34.2. The Morgan fingerprint density at radius 2 is 1.73 bits per heavy atom. The summed E-state index contributed by atoms with van der Waals surface area (Å²) in [5.41, 5.74) is 1.02. The van der Waals surface area contributed by atoms with E-state index in [2.05, 4.69) is 5.32 Å². The predicted molar refractivity (Wildman–Crippen MR) is 108 cm³/mol. The van der Waals surface area contributed by atoms with Crippen molar-refractivity contribution in [2.45, 2.75) is 19.3 Å². The Kier molecular flexibility index (Phi) is 8.86. The van der Waals surface area contributed by atoms with E-state index in [4.69, 9.17) is 18.7 Å². The summed E-state index contributed by atoms with van der Waals surface area (Å²) in [7, 11) is -3.05. The lowest BCUT2D eigenvalue weighted by molar-refractivity contribution is -0.145. The minimum Gasteiger partial charge on any atom is -0.497 e. The van der Waals surface area contributed by atoms with Crippen LogP contribution in [0.15, 0.2) is 54.6 Å². The second kappa shape index (κ2) is 11.3. The fraction of sp³-hybridized carbons (Fsp3) is 0.300. The summed E-state index contributed by atoms with van der Waals surface area (Å²) < 4.78 is 32.6. The summed E-state index contributed by atoms with van der Waals surface area (Å²) in [6.07, 6.45) is -0.923. The van der Waals surface area contributed by atoms with Crippen molar-refractivity contribution < 1.29 is 37.8 Å². The van der Waals surface area contributed by atoms with Gasteiger partial charge in [0, 0.05) is 0 Å². The maximum Gasteiger partial charge on any atom is 0.408 e. The van der Waals surface area contributed by atoms with Gasteiger partial charge in [0.05, 0.1) is 13.7 Å². The number of methoxy groups -OCH3 is 1. The molecule has 0 saturated carbocycles. The third kappa shape index (κ3) is 7.18. The van der Waals surface area contributed by atoms with Gasteiger partial charge in [0.25, 0.3) is 0 Å². The van der Waals surface area contributed by atoms with E-state index in [0.717, 1.165) is 5.56 Å². The highest BCUT2D eigenvalue weighted by atomic mass is 31.2. The molecule has 0 aliphatic heterocycles. The summed E-state index contributed by atoms with van der Waals surface area (Å²) in [6, 6.07) is 15.1. The SMILES string of the molecule is CCOC(=O)COP(=O)(O)C(NC(=O)OCc1ccccc1)c1ccc(OC)cc1. The standard InChI is InChI=1S/C20H24NO8P/c1-3-27-18(22)14-29-30(24,25)19(16-9-11-17(26-2)12-10-16)21-20(23)28-13-15-7-5-4-6-8-15/h4-12,19H,3,13-14H2,1-2H3,(H,21,23)(H,24,25). The molecule has 9 nitrogen and oxygen atoms in total. The minimum absolute atomic E-state index is 0.0264. The molecule has 0 aliphatic rings. The molecule has 2 unspecified atom stereocenters. The third-order valence-electron chi connectivity index (χ3n) is 3.90. The number of esters is 1. The number of alkyl carbamates (subject to hydrolysis) is 1. The molecule has 0 spiro atoms. The fourth-order valence-corrected chi connectivity index (χ4v) is 3.70. The quantitative estimate of drug-likeness (QED) is 0.429. The molecule has 2 aromatic rings. The highest BCUT2D eigenvalue weighted by Crippen LogP contribution is 2.55. The van der Waals surface area contributed by atoms with Gasteiger partial charge in [-0.25, -0.2) is 9.59 Å². The van der Waals surface area contributed by atoms with Gasteiger partial charge in [-0.15, -0.1) is 0 Å². The monoisotopic (exact) mass is 437 g/mol. The highest BCUT2D eigenvalue weighted by Gasteiger charge is 2.36. The normalized spacial score (nSPS) is 13.6. The van der Waals surface area contributed by atoms with Crippen molar-refractivity contribution in [3.8, 4) is 5.75 Å². The number of hydrogen-bond acceptors (Lipinski definition) is 7. The van der Waals surface area contributed by atoms with Gasteiger partial charge in [-0.2, -0.15) is 0 Å². The zero-order chi connectivity index (χ0) is 22.0. The number of carbonyl (C=O) groups is 2. The maximum absolute atomic E-state index is 12.8. The number of nitrogens with one attached hydrogen (secondary N) is 1. The Morgan fingerprint density at radius 3 is 2.33 bits per heavy atom. The van der Waals surface area contributed by atoms with Crippen LogP contribution in [-0.2, 0) is 30.0 Å². The lowest BCUT2D eigenvalue weighted by Crippen LogP contribution is -2.30. The Labute approximate surface area is 174 Å². The van der Waals surface area contributed by atoms with Gasteiger partial charge >= 0.3 is 19.7 Å². The minimum atomic E-state index is -4.53. The van der Waals surface area contributed by atoms with Crippen LogP contribution in [0.2, 0.25) is 0 Å². The van der Waals surface area contributed by atoms with Gasteiger partial charge in [0.15, 0.2) is 12.4 Å². The number of amides is 1. The molecule has 162 valence electrons. The number of hydrogen-bond donors (Lipinski definition) is 2. The smallest absolute Gasteiger partial charge is 0.408 e. The van der Waals surface area contributed by atoms with E-state index in [1.807, 2.05) is 6.07 Å². The largest absolute Gasteiger partial charge is 0.497 e. The van der Waals surface area contributed by atoms with Crippen molar-refractivity contribution in [2.24, 2.45) is 0 Å². The lowest BCUT2D eigenvalue weighted by Gasteiger charge is -2.23. The van der Waals surface area contributed by atoms with Crippen LogP contribution in [0.4, 0.5) is 4.79 Å². The zero-order valence-corrected chi connectivity index (χ0v) is 17.5. The van der Waals surface area contributed by atoms with Crippen LogP contribution in [0.5, 0.6) is 5.75 Å². The summed E-state index contributed by atoms with van der Waals surface area (Å²) in [5.74, 6) is -1.75. The van der Waals surface area contributed by atoms with Crippen molar-refractivity contribution in [3.63, 3.8) is 0 Å². The van der Waals surface area contributed by atoms with Gasteiger partial charge in [-0.3, -0.25) is 9.09 Å². The van der Waals surface area contributed by atoms with Gasteiger partial charge in [0.2, 0.25) is 0 Å². The van der Waals surface area contributed by atoms with Gasteiger partial charge in [-0.05, 0) is 30.2 Å². The van der Waals surface area contributed by atoms with E-state index >= 15 is 0 Å². The van der Waals surface area contributed by atoms with E-state index < -0.39 is 32.0 Å². The van der Waals surface area contributed by atoms with Crippen molar-refractivity contribution in [1.82, 2.24) is 5.32 Å². The first kappa shape index (κ1) is 23.4. The lowest BCUT2D eigenvalue weighted by atomic mass is 10.2. The first-order valence-corrected chi connectivity index (χ1v) is 10.7. The van der Waals surface area contributed by atoms with Crippen LogP contribution in [0.1, 0.15) is 23.8 Å². The van der Waals surface area contributed by atoms with Crippen LogP contribution in [-0.4, -0.2) is 37.3 Å². The second-order valence-corrected chi connectivity index (χ2v) is 7.93. The average molecular weight is 437 g/mol. The molecule has 1 amide bonds. The van der Waals surface area contributed by atoms with Gasteiger partial charge in [-0.1, -0.05) is 42.5 Å². The van der Waals surface area contributed by atoms with Crippen molar-refractivity contribution in [3.05, 3.63) is 65.7 Å². The molecule has 0 radical (unpaired) electrons. The predicted octanol–water partition coefficient (Wildman–Crippen LogP) is 3.39. The Bertz CT molecular complexity index is 872. The second-order valence-electron chi connectivity index (χ2n) is 6.02. The molecule has 0 saturated heterocycles. The van der Waals surface area contributed by atoms with Gasteiger partial charge in [0.1, 0.15) is 12.4 Å². The Morgan fingerprint density at radius 1 is 1.07 bits per heavy atom. The van der Waals surface area contributed by atoms with Crippen molar-refractivity contribution in [1.29, 1.82) is 0 Å². The summed E-state index contributed by atoms with van der Waals surface area (Å²) >= 11 is 0. The van der Waals surface area contributed by atoms with E-state index in [1.165, 1.54) is 19.2 Å². The maximum atomic E-state index is 12.8. The first-order chi connectivity index (χ1) is 14.4. The number of rotatable bonds is 10. The van der Waals surface area contributed by atoms with Crippen LogP contribution in [0.3, 0.4) is 0 Å². The average Bonchev–Trinajstić information content (AvgIpc) is 2.76. The topological polar surface area (TPSA) is 120 Å². The Balaban J connectivity index is 2.14. The molecule has 2 atom stereocenters. The number of ether oxygens (including phenoxy) is 3. The zero-order valence-electron chi connectivity index (χ0n) is 16.6. The van der Waals surface area contributed by atoms with E-state index in [1.54, 1.807) is 43.3 Å².